The molecule has 0 radical (unpaired) electrons. The molecular weight excluding hydrogens is 737 g/mol. The van der Waals surface area contributed by atoms with Gasteiger partial charge in [-0.25, -0.2) is 9.59 Å². The molecule has 0 aliphatic heterocycles. The number of carbonyl (C=O) groups excluding carboxylic acids is 2. The van der Waals surface area contributed by atoms with Gasteiger partial charge in [0, 0.05) is 44.3 Å². The number of hydrogen-bond donors (Lipinski definition) is 0. The number of hydrogen-bond acceptors (Lipinski definition) is 8. The molecule has 2 unspecified atom stereocenters. The average Bonchev–Trinajstić information content (AvgIpc) is 3.23. The predicted octanol–water partition coefficient (Wildman–Crippen LogP) is 10.9. The number of thioether (sulfide) groups is 2. The third-order valence-electron chi connectivity index (χ3n) is 9.61. The Hall–Kier alpha value is -5.18. The van der Waals surface area contributed by atoms with Crippen LogP contribution in [0.2, 0.25) is 0 Å². The summed E-state index contributed by atoms with van der Waals surface area (Å²) in [6, 6.07) is 45.1. The Labute approximate surface area is 340 Å². The Morgan fingerprint density at radius 3 is 1.12 bits per heavy atom. The molecule has 5 rings (SSSR count). The zero-order chi connectivity index (χ0) is 40.0. The molecule has 0 saturated carbocycles. The molecule has 8 heteroatoms. The Bertz CT molecular complexity index is 1860. The van der Waals surface area contributed by atoms with Crippen LogP contribution in [0.4, 0.5) is 0 Å². The van der Waals surface area contributed by atoms with Gasteiger partial charge in [-0.15, -0.1) is 23.5 Å². The highest BCUT2D eigenvalue weighted by atomic mass is 32.2. The number of benzene rings is 5. The minimum absolute atomic E-state index is 0.233. The van der Waals surface area contributed by atoms with Crippen molar-refractivity contribution in [1.29, 1.82) is 0 Å². The number of carbonyl (C=O) groups is 2. The second-order valence-electron chi connectivity index (χ2n) is 14.3. The lowest BCUT2D eigenvalue weighted by Gasteiger charge is -2.30. The van der Waals surface area contributed by atoms with Gasteiger partial charge in [0.2, 0.25) is 0 Å². The van der Waals surface area contributed by atoms with Gasteiger partial charge in [-0.3, -0.25) is 0 Å². The van der Waals surface area contributed by atoms with Crippen LogP contribution < -0.4 is 9.47 Å². The Morgan fingerprint density at radius 1 is 0.518 bits per heavy atom. The molecule has 0 amide bonds. The SMILES string of the molecule is C=CC(=O)OC(COc1ccc(C(C)(C)c2ccc(C(C)(C)c3ccc(OCC(CSc4ccccc4)OC(=O)C=C)cc3)cc2)cc1)CSc1ccccc1. The van der Waals surface area contributed by atoms with E-state index < -0.39 is 24.1 Å². The first-order valence-corrected chi connectivity index (χ1v) is 20.5. The summed E-state index contributed by atoms with van der Waals surface area (Å²) in [5.74, 6) is 1.61. The first-order valence-electron chi connectivity index (χ1n) is 18.6. The molecule has 0 aliphatic carbocycles. The van der Waals surface area contributed by atoms with Crippen molar-refractivity contribution in [1.82, 2.24) is 0 Å². The molecular formula is C48H50O6S2. The predicted molar refractivity (Wildman–Crippen MR) is 229 cm³/mol. The van der Waals surface area contributed by atoms with Crippen molar-refractivity contribution >= 4 is 35.5 Å². The van der Waals surface area contributed by atoms with E-state index in [-0.39, 0.29) is 24.0 Å². The van der Waals surface area contributed by atoms with Crippen molar-refractivity contribution < 1.29 is 28.5 Å². The van der Waals surface area contributed by atoms with E-state index in [9.17, 15) is 9.59 Å². The van der Waals surface area contributed by atoms with Crippen molar-refractivity contribution in [3.8, 4) is 11.5 Å². The van der Waals surface area contributed by atoms with E-state index in [0.717, 1.165) is 20.9 Å². The van der Waals surface area contributed by atoms with Crippen LogP contribution >= 0.6 is 23.5 Å². The molecule has 0 fully saturated rings. The summed E-state index contributed by atoms with van der Waals surface area (Å²) in [5, 5.41) is 0. The van der Waals surface area contributed by atoms with Crippen LogP contribution in [0.1, 0.15) is 49.9 Å². The van der Waals surface area contributed by atoms with Crippen molar-refractivity contribution in [3.05, 3.63) is 181 Å². The van der Waals surface area contributed by atoms with E-state index in [1.165, 1.54) is 23.3 Å². The fourth-order valence-electron chi connectivity index (χ4n) is 6.02. The van der Waals surface area contributed by atoms with Gasteiger partial charge < -0.3 is 18.9 Å². The quantitative estimate of drug-likeness (QED) is 0.0439. The minimum atomic E-state index is -0.466. The molecule has 0 bridgehead atoms. The molecule has 5 aromatic rings. The van der Waals surface area contributed by atoms with Gasteiger partial charge in [0.25, 0.3) is 0 Å². The van der Waals surface area contributed by atoms with E-state index >= 15 is 0 Å². The van der Waals surface area contributed by atoms with E-state index in [2.05, 4.69) is 89.4 Å². The molecule has 0 saturated heterocycles. The summed E-state index contributed by atoms with van der Waals surface area (Å²) in [4.78, 5) is 26.2. The molecule has 0 heterocycles. The molecule has 6 nitrogen and oxygen atoms in total. The molecule has 290 valence electrons. The normalized spacial score (nSPS) is 12.5. The van der Waals surface area contributed by atoms with Crippen LogP contribution in [-0.2, 0) is 29.9 Å². The van der Waals surface area contributed by atoms with Crippen LogP contribution in [0.5, 0.6) is 11.5 Å². The first kappa shape index (κ1) is 42.0. The lowest BCUT2D eigenvalue weighted by molar-refractivity contribution is -0.144. The van der Waals surface area contributed by atoms with Gasteiger partial charge in [-0.05, 0) is 70.8 Å². The standard InChI is InChI=1S/C48H50O6S2/c1-7-45(49)53-41(33-55-43-15-11-9-12-16-43)31-51-39-27-23-37(24-28-39)47(3,4)35-19-21-36(22-20-35)48(5,6)38-25-29-40(30-26-38)52-32-42(54-46(50)8-2)34-56-44-17-13-10-14-18-44/h7-30,41-42H,1-2,31-34H2,3-6H3. The van der Waals surface area contributed by atoms with Crippen LogP contribution in [-0.4, -0.2) is 48.9 Å². The summed E-state index contributed by atoms with van der Waals surface area (Å²) in [6.07, 6.45) is 1.49. The maximum Gasteiger partial charge on any atom is 0.330 e. The molecule has 0 N–H and O–H groups in total. The average molecular weight is 787 g/mol. The van der Waals surface area contributed by atoms with Gasteiger partial charge in [0.05, 0.1) is 0 Å². The first-order chi connectivity index (χ1) is 27.0. The summed E-state index contributed by atoms with van der Waals surface area (Å²) < 4.78 is 23.3. The number of ether oxygens (including phenoxy) is 4. The maximum absolute atomic E-state index is 12.0. The van der Waals surface area contributed by atoms with E-state index in [1.807, 2.05) is 84.9 Å². The van der Waals surface area contributed by atoms with Crippen molar-refractivity contribution in [2.75, 3.05) is 24.7 Å². The van der Waals surface area contributed by atoms with Crippen LogP contribution in [0.3, 0.4) is 0 Å². The van der Waals surface area contributed by atoms with Crippen LogP contribution in [0.15, 0.2) is 169 Å². The molecule has 0 aliphatic rings. The lowest BCUT2D eigenvalue weighted by Crippen LogP contribution is -2.27. The summed E-state index contributed by atoms with van der Waals surface area (Å²) >= 11 is 3.23. The second-order valence-corrected chi connectivity index (χ2v) is 16.5. The van der Waals surface area contributed by atoms with Gasteiger partial charge >= 0.3 is 11.9 Å². The molecule has 0 spiro atoms. The minimum Gasteiger partial charge on any atom is -0.490 e. The van der Waals surface area contributed by atoms with Gasteiger partial charge in [0.15, 0.2) is 0 Å². The summed E-state index contributed by atoms with van der Waals surface area (Å²) in [5.41, 5.74) is 4.18. The Kier molecular flexibility index (Phi) is 15.1. The smallest absolute Gasteiger partial charge is 0.330 e. The number of esters is 2. The summed E-state index contributed by atoms with van der Waals surface area (Å²) in [7, 11) is 0. The van der Waals surface area contributed by atoms with Crippen LogP contribution in [0.25, 0.3) is 0 Å². The zero-order valence-electron chi connectivity index (χ0n) is 32.5. The Morgan fingerprint density at radius 2 is 0.821 bits per heavy atom. The highest BCUT2D eigenvalue weighted by Crippen LogP contribution is 2.37. The topological polar surface area (TPSA) is 71.1 Å². The van der Waals surface area contributed by atoms with Gasteiger partial charge in [-0.1, -0.05) is 126 Å². The third-order valence-corrected chi connectivity index (χ3v) is 11.9. The monoisotopic (exact) mass is 786 g/mol. The molecule has 0 aromatic heterocycles. The molecule has 56 heavy (non-hydrogen) atoms. The van der Waals surface area contributed by atoms with E-state index in [1.54, 1.807) is 23.5 Å². The Balaban J connectivity index is 1.17. The van der Waals surface area contributed by atoms with E-state index in [4.69, 9.17) is 18.9 Å². The second kappa shape index (κ2) is 20.1. The van der Waals surface area contributed by atoms with E-state index in [0.29, 0.717) is 23.0 Å². The van der Waals surface area contributed by atoms with Crippen molar-refractivity contribution in [2.45, 2.75) is 60.5 Å². The fourth-order valence-corrected chi connectivity index (χ4v) is 7.80. The fraction of sp³-hybridized carbons (Fsp3) is 0.250. The highest BCUT2D eigenvalue weighted by Gasteiger charge is 2.27. The maximum atomic E-state index is 12.0. The van der Waals surface area contributed by atoms with Crippen molar-refractivity contribution in [3.63, 3.8) is 0 Å². The van der Waals surface area contributed by atoms with Crippen LogP contribution in [0, 0.1) is 0 Å². The number of rotatable bonds is 20. The zero-order valence-corrected chi connectivity index (χ0v) is 34.2. The molecule has 5 aromatic carbocycles. The molecule has 2 atom stereocenters. The third kappa shape index (κ3) is 11.9. The largest absolute Gasteiger partial charge is 0.490 e. The van der Waals surface area contributed by atoms with Crippen molar-refractivity contribution in [2.24, 2.45) is 0 Å². The van der Waals surface area contributed by atoms with Gasteiger partial charge in [0.1, 0.15) is 36.9 Å². The lowest BCUT2D eigenvalue weighted by atomic mass is 9.74. The summed E-state index contributed by atoms with van der Waals surface area (Å²) in [6.45, 7) is 16.4. The van der Waals surface area contributed by atoms with Gasteiger partial charge in [-0.2, -0.15) is 0 Å². The highest BCUT2D eigenvalue weighted by molar-refractivity contribution is 7.99.